The van der Waals surface area contributed by atoms with Crippen molar-refractivity contribution in [3.63, 3.8) is 0 Å². The molecule has 2 heterocycles. The lowest BCUT2D eigenvalue weighted by molar-refractivity contribution is -0.130. The van der Waals surface area contributed by atoms with Crippen LogP contribution in [0.25, 0.3) is 0 Å². The molecule has 1 saturated carbocycles. The molecule has 0 aromatic heterocycles. The number of hydrogen-bond donors (Lipinski definition) is 1. The zero-order valence-electron chi connectivity index (χ0n) is 15.1. The topological polar surface area (TPSA) is 51.2 Å². The Morgan fingerprint density at radius 2 is 1.79 bits per heavy atom. The third kappa shape index (κ3) is 4.53. The molecule has 0 aromatic rings. The van der Waals surface area contributed by atoms with Gasteiger partial charge in [0.2, 0.25) is 5.91 Å². The molecular formula is C17H32IN5O. The minimum Gasteiger partial charge on any atom is -0.355 e. The molecule has 3 fully saturated rings. The van der Waals surface area contributed by atoms with Gasteiger partial charge in [0.15, 0.2) is 5.96 Å². The standard InChI is InChI=1S/C17H31N5O.HI/c1-15(23)21-12-10-20(11-13-21)9-7-19-16(18-2)22-8-6-17(14-22)4-3-5-17;/h3-14H2,1-2H3,(H,18,19);1H. The van der Waals surface area contributed by atoms with Gasteiger partial charge in [-0.15, -0.1) is 24.0 Å². The van der Waals surface area contributed by atoms with Crippen molar-refractivity contribution in [2.24, 2.45) is 10.4 Å². The van der Waals surface area contributed by atoms with Crippen molar-refractivity contribution >= 4 is 35.8 Å². The number of guanidine groups is 1. The molecule has 0 atom stereocenters. The summed E-state index contributed by atoms with van der Waals surface area (Å²) in [6.45, 7) is 9.61. The summed E-state index contributed by atoms with van der Waals surface area (Å²) in [5.74, 6) is 1.26. The van der Waals surface area contributed by atoms with E-state index in [9.17, 15) is 4.79 Å². The molecule has 0 unspecified atom stereocenters. The van der Waals surface area contributed by atoms with Crippen LogP contribution in [0.5, 0.6) is 0 Å². The Labute approximate surface area is 163 Å². The molecule has 0 radical (unpaired) electrons. The SMILES string of the molecule is CN=C(NCCN1CCN(C(C)=O)CC1)N1CCC2(CCC2)C1.I. The lowest BCUT2D eigenvalue weighted by Crippen LogP contribution is -2.50. The normalized spacial score (nSPS) is 23.8. The summed E-state index contributed by atoms with van der Waals surface area (Å²) in [4.78, 5) is 22.6. The first-order valence-corrected chi connectivity index (χ1v) is 9.05. The Kier molecular flexibility index (Phi) is 7.15. The van der Waals surface area contributed by atoms with Crippen molar-refractivity contribution in [3.05, 3.63) is 0 Å². The Balaban J connectivity index is 0.00000208. The second kappa shape index (κ2) is 8.69. The molecule has 7 heteroatoms. The van der Waals surface area contributed by atoms with E-state index in [4.69, 9.17) is 0 Å². The zero-order valence-corrected chi connectivity index (χ0v) is 17.4. The van der Waals surface area contributed by atoms with Crippen LogP contribution in [-0.2, 0) is 4.79 Å². The monoisotopic (exact) mass is 449 g/mol. The molecule has 3 aliphatic rings. The van der Waals surface area contributed by atoms with Crippen LogP contribution in [0.1, 0.15) is 32.6 Å². The molecule has 2 saturated heterocycles. The summed E-state index contributed by atoms with van der Waals surface area (Å²) < 4.78 is 0. The van der Waals surface area contributed by atoms with Gasteiger partial charge in [-0.25, -0.2) is 0 Å². The van der Waals surface area contributed by atoms with Gasteiger partial charge < -0.3 is 15.1 Å². The van der Waals surface area contributed by atoms with Gasteiger partial charge >= 0.3 is 0 Å². The maximum absolute atomic E-state index is 11.4. The third-order valence-electron chi connectivity index (χ3n) is 5.89. The van der Waals surface area contributed by atoms with E-state index in [1.807, 2.05) is 11.9 Å². The molecule has 1 amide bonds. The summed E-state index contributed by atoms with van der Waals surface area (Å²) in [5, 5.41) is 3.53. The smallest absolute Gasteiger partial charge is 0.219 e. The fourth-order valence-corrected chi connectivity index (χ4v) is 4.15. The second-order valence-electron chi connectivity index (χ2n) is 7.35. The van der Waals surface area contributed by atoms with Gasteiger partial charge in [-0.2, -0.15) is 0 Å². The van der Waals surface area contributed by atoms with Crippen LogP contribution in [0.3, 0.4) is 0 Å². The van der Waals surface area contributed by atoms with Crippen molar-refractivity contribution in [2.45, 2.75) is 32.6 Å². The molecule has 2 aliphatic heterocycles. The van der Waals surface area contributed by atoms with Crippen LogP contribution in [0.15, 0.2) is 4.99 Å². The van der Waals surface area contributed by atoms with E-state index in [0.717, 1.165) is 51.8 Å². The van der Waals surface area contributed by atoms with Crippen molar-refractivity contribution in [3.8, 4) is 0 Å². The second-order valence-corrected chi connectivity index (χ2v) is 7.35. The number of amides is 1. The van der Waals surface area contributed by atoms with Crippen molar-refractivity contribution < 1.29 is 4.79 Å². The van der Waals surface area contributed by atoms with Gasteiger partial charge in [-0.05, 0) is 24.7 Å². The van der Waals surface area contributed by atoms with E-state index in [1.54, 1.807) is 6.92 Å². The quantitative estimate of drug-likeness (QED) is 0.400. The highest BCUT2D eigenvalue weighted by molar-refractivity contribution is 14.0. The highest BCUT2D eigenvalue weighted by atomic mass is 127. The number of likely N-dealkylation sites (tertiary alicyclic amines) is 1. The average molecular weight is 449 g/mol. The van der Waals surface area contributed by atoms with Gasteiger partial charge in [-0.1, -0.05) is 6.42 Å². The average Bonchev–Trinajstić information content (AvgIpc) is 2.98. The van der Waals surface area contributed by atoms with Gasteiger partial charge in [0, 0.05) is 66.3 Å². The number of nitrogens with one attached hydrogen (secondary N) is 1. The maximum Gasteiger partial charge on any atom is 0.219 e. The summed E-state index contributed by atoms with van der Waals surface area (Å²) in [6, 6.07) is 0. The number of nitrogens with zero attached hydrogens (tertiary/aromatic N) is 4. The first kappa shape index (κ1) is 19.8. The summed E-state index contributed by atoms with van der Waals surface area (Å²) >= 11 is 0. The first-order valence-electron chi connectivity index (χ1n) is 9.05. The minimum atomic E-state index is 0. The number of halogens is 1. The van der Waals surface area contributed by atoms with E-state index < -0.39 is 0 Å². The number of carbonyl (C=O) groups is 1. The van der Waals surface area contributed by atoms with Crippen LogP contribution in [0.4, 0.5) is 0 Å². The lowest BCUT2D eigenvalue weighted by Gasteiger charge is -2.38. The molecule has 3 rings (SSSR count). The van der Waals surface area contributed by atoms with Crippen molar-refractivity contribution in [1.82, 2.24) is 20.0 Å². The van der Waals surface area contributed by atoms with E-state index in [-0.39, 0.29) is 29.9 Å². The minimum absolute atomic E-state index is 0. The summed E-state index contributed by atoms with van der Waals surface area (Å²) in [5.41, 5.74) is 0.612. The fourth-order valence-electron chi connectivity index (χ4n) is 4.15. The molecule has 138 valence electrons. The van der Waals surface area contributed by atoms with E-state index in [1.165, 1.54) is 32.2 Å². The predicted molar refractivity (Wildman–Crippen MR) is 108 cm³/mol. The lowest BCUT2D eigenvalue weighted by atomic mass is 9.68. The third-order valence-corrected chi connectivity index (χ3v) is 5.89. The van der Waals surface area contributed by atoms with Crippen LogP contribution < -0.4 is 5.32 Å². The summed E-state index contributed by atoms with van der Waals surface area (Å²) in [6.07, 6.45) is 5.55. The van der Waals surface area contributed by atoms with Gasteiger partial charge in [0.25, 0.3) is 0 Å². The van der Waals surface area contributed by atoms with Crippen LogP contribution in [-0.4, -0.2) is 86.0 Å². The first-order chi connectivity index (χ1) is 11.1. The highest BCUT2D eigenvalue weighted by Crippen LogP contribution is 2.47. The number of aliphatic imine (C=N–C) groups is 1. The molecular weight excluding hydrogens is 417 g/mol. The molecule has 0 bridgehead atoms. The Morgan fingerprint density at radius 1 is 1.08 bits per heavy atom. The van der Waals surface area contributed by atoms with Gasteiger partial charge in [0.1, 0.15) is 0 Å². The number of carbonyl (C=O) groups excluding carboxylic acids is 1. The molecule has 6 nitrogen and oxygen atoms in total. The number of piperazine rings is 1. The number of rotatable bonds is 3. The molecule has 1 aliphatic carbocycles. The van der Waals surface area contributed by atoms with Gasteiger partial charge in [0.05, 0.1) is 0 Å². The van der Waals surface area contributed by atoms with E-state index in [0.29, 0.717) is 5.41 Å². The zero-order chi connectivity index (χ0) is 16.3. The highest BCUT2D eigenvalue weighted by Gasteiger charge is 2.43. The largest absolute Gasteiger partial charge is 0.355 e. The Bertz CT molecular complexity index is 458. The van der Waals surface area contributed by atoms with Crippen LogP contribution >= 0.6 is 24.0 Å². The fraction of sp³-hybridized carbons (Fsp3) is 0.882. The summed E-state index contributed by atoms with van der Waals surface area (Å²) in [7, 11) is 1.89. The van der Waals surface area contributed by atoms with E-state index in [2.05, 4.69) is 20.1 Å². The number of hydrogen-bond acceptors (Lipinski definition) is 3. The van der Waals surface area contributed by atoms with Crippen LogP contribution in [0.2, 0.25) is 0 Å². The predicted octanol–water partition coefficient (Wildman–Crippen LogP) is 1.22. The van der Waals surface area contributed by atoms with Crippen LogP contribution in [0, 0.1) is 5.41 Å². The van der Waals surface area contributed by atoms with Crippen molar-refractivity contribution in [2.75, 3.05) is 59.4 Å². The van der Waals surface area contributed by atoms with E-state index >= 15 is 0 Å². The van der Waals surface area contributed by atoms with Gasteiger partial charge in [-0.3, -0.25) is 14.7 Å². The Hall–Kier alpha value is -0.570. The molecule has 1 spiro atoms. The molecule has 0 aromatic carbocycles. The molecule has 1 N–H and O–H groups in total. The Morgan fingerprint density at radius 3 is 2.29 bits per heavy atom. The van der Waals surface area contributed by atoms with Crippen molar-refractivity contribution in [1.29, 1.82) is 0 Å². The molecule has 24 heavy (non-hydrogen) atoms. The maximum atomic E-state index is 11.4.